The molecule has 5 rings (SSSR count). The highest BCUT2D eigenvalue weighted by Crippen LogP contribution is 2.33. The van der Waals surface area contributed by atoms with Gasteiger partial charge in [0.25, 0.3) is 0 Å². The van der Waals surface area contributed by atoms with Crippen molar-refractivity contribution in [1.82, 2.24) is 15.0 Å². The molecule has 1 aliphatic heterocycles. The fourth-order valence-electron chi connectivity index (χ4n) is 4.23. The first kappa shape index (κ1) is 19.7. The van der Waals surface area contributed by atoms with Crippen LogP contribution in [-0.2, 0) is 24.1 Å². The molecule has 4 aromatic rings. The fraction of sp³-hybridized carbons (Fsp3) is 0.240. The third kappa shape index (κ3) is 4.30. The number of carbonyl (C=O) groups excluding carboxylic acids is 1. The number of hydrogen-bond acceptors (Lipinski definition) is 5. The number of rotatable bonds is 6. The molecule has 2 aromatic heterocycles. The van der Waals surface area contributed by atoms with Crippen molar-refractivity contribution in [3.63, 3.8) is 0 Å². The van der Waals surface area contributed by atoms with Crippen LogP contribution in [-0.4, -0.2) is 27.5 Å². The van der Waals surface area contributed by atoms with Gasteiger partial charge in [-0.3, -0.25) is 4.79 Å². The largest absolute Gasteiger partial charge is 0.339 e. The summed E-state index contributed by atoms with van der Waals surface area (Å²) in [7, 11) is 0. The Morgan fingerprint density at radius 2 is 1.90 bits per heavy atom. The Hall–Kier alpha value is -3.25. The molecule has 0 aliphatic carbocycles. The molecule has 5 nitrogen and oxygen atoms in total. The highest BCUT2D eigenvalue weighted by atomic mass is 32.1. The van der Waals surface area contributed by atoms with Gasteiger partial charge >= 0.3 is 0 Å². The molecule has 0 saturated carbocycles. The third-order valence-electron chi connectivity index (χ3n) is 5.77. The molecule has 0 radical (unpaired) electrons. The normalized spacial score (nSPS) is 15.6. The zero-order valence-corrected chi connectivity index (χ0v) is 17.9. The predicted octanol–water partition coefficient (Wildman–Crippen LogP) is 5.10. The highest BCUT2D eigenvalue weighted by molar-refractivity contribution is 7.13. The Kier molecular flexibility index (Phi) is 5.63. The highest BCUT2D eigenvalue weighted by Gasteiger charge is 2.30. The number of hydrogen-bond donors (Lipinski definition) is 0. The van der Waals surface area contributed by atoms with Crippen molar-refractivity contribution in [2.75, 3.05) is 6.54 Å². The second-order valence-corrected chi connectivity index (χ2v) is 8.68. The lowest BCUT2D eigenvalue weighted by atomic mass is 9.88. The van der Waals surface area contributed by atoms with Gasteiger partial charge in [-0.15, -0.1) is 11.3 Å². The van der Waals surface area contributed by atoms with E-state index < -0.39 is 0 Å². The summed E-state index contributed by atoms with van der Waals surface area (Å²) in [5.74, 6) is 1.23. The van der Waals surface area contributed by atoms with Crippen LogP contribution in [0.25, 0.3) is 10.7 Å². The van der Waals surface area contributed by atoms with E-state index in [1.54, 1.807) is 11.3 Å². The molecular formula is C25H23N3O2S. The van der Waals surface area contributed by atoms with Gasteiger partial charge < -0.3 is 9.42 Å². The second-order valence-electron chi connectivity index (χ2n) is 7.73. The van der Waals surface area contributed by atoms with Gasteiger partial charge in [-0.05, 0) is 41.0 Å². The molecule has 0 bridgehead atoms. The summed E-state index contributed by atoms with van der Waals surface area (Å²) in [4.78, 5) is 20.7. The van der Waals surface area contributed by atoms with Crippen molar-refractivity contribution in [1.29, 1.82) is 0 Å². The van der Waals surface area contributed by atoms with Crippen LogP contribution in [0.2, 0.25) is 0 Å². The van der Waals surface area contributed by atoms with E-state index in [2.05, 4.69) is 58.7 Å². The lowest BCUT2D eigenvalue weighted by Crippen LogP contribution is -2.41. The van der Waals surface area contributed by atoms with Crippen LogP contribution in [0.1, 0.15) is 35.0 Å². The number of carbonyl (C=O) groups is 1. The molecule has 31 heavy (non-hydrogen) atoms. The smallest absolute Gasteiger partial charge is 0.227 e. The summed E-state index contributed by atoms with van der Waals surface area (Å²) in [5.41, 5.74) is 3.83. The van der Waals surface area contributed by atoms with E-state index >= 15 is 0 Å². The zero-order chi connectivity index (χ0) is 21.0. The number of thiophene rings is 1. The van der Waals surface area contributed by atoms with Crippen molar-refractivity contribution in [2.24, 2.45) is 0 Å². The van der Waals surface area contributed by atoms with Crippen molar-refractivity contribution >= 4 is 17.2 Å². The topological polar surface area (TPSA) is 59.2 Å². The molecule has 1 aliphatic rings. The number of fused-ring (bicyclic) bond motifs is 1. The molecule has 0 unspecified atom stereocenters. The quantitative estimate of drug-likeness (QED) is 0.428. The summed E-state index contributed by atoms with van der Waals surface area (Å²) in [6.45, 7) is 0.734. The number of nitrogens with zero attached hydrogens (tertiary/aromatic N) is 3. The lowest BCUT2D eigenvalue weighted by molar-refractivity contribution is -0.134. The molecule has 0 N–H and O–H groups in total. The van der Waals surface area contributed by atoms with Crippen molar-refractivity contribution in [2.45, 2.75) is 31.7 Å². The second kappa shape index (κ2) is 8.86. The van der Waals surface area contributed by atoms with Crippen molar-refractivity contribution < 1.29 is 9.32 Å². The molecular weight excluding hydrogens is 406 g/mol. The minimum atomic E-state index is 0.0456. The molecule has 1 atom stereocenters. The maximum absolute atomic E-state index is 13.3. The molecule has 1 amide bonds. The van der Waals surface area contributed by atoms with Gasteiger partial charge in [0.1, 0.15) is 0 Å². The molecule has 2 aromatic carbocycles. The number of benzene rings is 2. The first-order chi connectivity index (χ1) is 15.3. The minimum Gasteiger partial charge on any atom is -0.339 e. The Bertz CT molecular complexity index is 1150. The van der Waals surface area contributed by atoms with Crippen LogP contribution in [0.4, 0.5) is 0 Å². The Labute approximate surface area is 185 Å². The van der Waals surface area contributed by atoms with Gasteiger partial charge in [-0.1, -0.05) is 65.8 Å². The molecule has 3 heterocycles. The predicted molar refractivity (Wildman–Crippen MR) is 121 cm³/mol. The SMILES string of the molecule is O=C(CCc1nc(-c2cccs2)no1)N1CCc2ccccc2[C@H]1Cc1ccccc1. The summed E-state index contributed by atoms with van der Waals surface area (Å²) >= 11 is 1.57. The summed E-state index contributed by atoms with van der Waals surface area (Å²) in [6.07, 6.45) is 2.51. The standard InChI is InChI=1S/C25H23N3O2S/c29-24(13-12-23-26-25(27-30-23)22-11-6-16-31-22)28-15-14-19-9-4-5-10-20(19)21(28)17-18-7-2-1-3-8-18/h1-11,16,21H,12-15,17H2/t21-/m1/s1. The van der Waals surface area contributed by atoms with Crippen LogP contribution in [0, 0.1) is 0 Å². The van der Waals surface area contributed by atoms with Crippen molar-refractivity contribution in [3.05, 3.63) is 94.7 Å². The van der Waals surface area contributed by atoms with Crippen LogP contribution in [0.15, 0.2) is 76.6 Å². The average molecular weight is 430 g/mol. The van der Waals surface area contributed by atoms with Gasteiger partial charge in [0.2, 0.25) is 17.6 Å². The summed E-state index contributed by atoms with van der Waals surface area (Å²) in [6, 6.07) is 22.8. The maximum Gasteiger partial charge on any atom is 0.227 e. The van der Waals surface area contributed by atoms with E-state index in [-0.39, 0.29) is 11.9 Å². The molecule has 0 saturated heterocycles. The number of aromatic nitrogens is 2. The van der Waals surface area contributed by atoms with Crippen molar-refractivity contribution in [3.8, 4) is 10.7 Å². The van der Waals surface area contributed by atoms with Gasteiger partial charge in [-0.2, -0.15) is 4.98 Å². The van der Waals surface area contributed by atoms with E-state index in [9.17, 15) is 4.79 Å². The fourth-order valence-corrected chi connectivity index (χ4v) is 4.88. The molecule has 156 valence electrons. The molecule has 0 spiro atoms. The Morgan fingerprint density at radius 3 is 2.74 bits per heavy atom. The van der Waals surface area contributed by atoms with Gasteiger partial charge in [0, 0.05) is 19.4 Å². The van der Waals surface area contributed by atoms with E-state index in [0.29, 0.717) is 24.6 Å². The van der Waals surface area contributed by atoms with Gasteiger partial charge in [0.15, 0.2) is 0 Å². The van der Waals surface area contributed by atoms with Crippen LogP contribution in [0.3, 0.4) is 0 Å². The van der Waals surface area contributed by atoms with Crippen LogP contribution >= 0.6 is 11.3 Å². The third-order valence-corrected chi connectivity index (χ3v) is 6.63. The van der Waals surface area contributed by atoms with Crippen LogP contribution < -0.4 is 0 Å². The average Bonchev–Trinajstić information content (AvgIpc) is 3.50. The van der Waals surface area contributed by atoms with E-state index in [4.69, 9.17) is 4.52 Å². The van der Waals surface area contributed by atoms with Gasteiger partial charge in [0.05, 0.1) is 10.9 Å². The lowest BCUT2D eigenvalue weighted by Gasteiger charge is -2.37. The molecule has 6 heteroatoms. The number of aryl methyl sites for hydroxylation is 1. The van der Waals surface area contributed by atoms with E-state index in [0.717, 1.165) is 24.3 Å². The van der Waals surface area contributed by atoms with Gasteiger partial charge in [-0.25, -0.2) is 0 Å². The van der Waals surface area contributed by atoms with E-state index in [1.807, 2.05) is 28.5 Å². The van der Waals surface area contributed by atoms with E-state index in [1.165, 1.54) is 16.7 Å². The number of amides is 1. The first-order valence-electron chi connectivity index (χ1n) is 10.6. The monoisotopic (exact) mass is 429 g/mol. The zero-order valence-electron chi connectivity index (χ0n) is 17.1. The van der Waals surface area contributed by atoms with Crippen LogP contribution in [0.5, 0.6) is 0 Å². The summed E-state index contributed by atoms with van der Waals surface area (Å²) < 4.78 is 5.38. The Morgan fingerprint density at radius 1 is 1.06 bits per heavy atom. The Balaban J connectivity index is 1.32. The first-order valence-corrected chi connectivity index (χ1v) is 11.4. The maximum atomic E-state index is 13.3. The summed E-state index contributed by atoms with van der Waals surface area (Å²) in [5, 5.41) is 6.03. The minimum absolute atomic E-state index is 0.0456. The molecule has 0 fully saturated rings.